The molecule has 2 aromatic rings. The van der Waals surface area contributed by atoms with Crippen LogP contribution in [0.15, 0.2) is 28.3 Å². The summed E-state index contributed by atoms with van der Waals surface area (Å²) in [6.45, 7) is 0.847. The Kier molecular flexibility index (Phi) is 2.73. The van der Waals surface area contributed by atoms with Crippen molar-refractivity contribution in [3.8, 4) is 0 Å². The number of aromatic nitrogens is 2. The predicted molar refractivity (Wildman–Crippen MR) is 69.8 cm³/mol. The topological polar surface area (TPSA) is 29.9 Å². The number of hydrogen-bond donors (Lipinski definition) is 1. The maximum atomic E-state index is 4.34. The summed E-state index contributed by atoms with van der Waals surface area (Å²) in [5.74, 6) is 0.993. The predicted octanol–water partition coefficient (Wildman–Crippen LogP) is 3.65. The van der Waals surface area contributed by atoms with Crippen LogP contribution in [-0.2, 0) is 6.54 Å². The summed E-state index contributed by atoms with van der Waals surface area (Å²) < 4.78 is 3.41. The number of anilines is 1. The van der Waals surface area contributed by atoms with Gasteiger partial charge in [-0.25, -0.2) is 4.98 Å². The molecule has 0 unspecified atom stereocenters. The lowest BCUT2D eigenvalue weighted by Gasteiger charge is -2.07. The maximum absolute atomic E-state index is 4.34. The van der Waals surface area contributed by atoms with E-state index in [1.54, 1.807) is 11.3 Å². The molecule has 0 radical (unpaired) electrons. The van der Waals surface area contributed by atoms with Crippen molar-refractivity contribution in [1.29, 1.82) is 0 Å². The van der Waals surface area contributed by atoms with Gasteiger partial charge in [0.25, 0.3) is 0 Å². The molecule has 0 atom stereocenters. The quantitative estimate of drug-likeness (QED) is 0.933. The highest BCUT2D eigenvalue weighted by molar-refractivity contribution is 9.11. The van der Waals surface area contributed by atoms with E-state index in [1.807, 2.05) is 6.20 Å². The summed E-state index contributed by atoms with van der Waals surface area (Å²) in [6.07, 6.45) is 6.50. The van der Waals surface area contributed by atoms with Crippen molar-refractivity contribution in [3.05, 3.63) is 33.2 Å². The molecule has 0 bridgehead atoms. The fourth-order valence-corrected chi connectivity index (χ4v) is 3.13. The molecule has 2 heterocycles. The minimum atomic E-state index is 0.681. The van der Waals surface area contributed by atoms with Crippen molar-refractivity contribution in [2.24, 2.45) is 0 Å². The van der Waals surface area contributed by atoms with Crippen molar-refractivity contribution in [1.82, 2.24) is 9.55 Å². The second-order valence-corrected chi connectivity index (χ2v) is 6.50. The van der Waals surface area contributed by atoms with Crippen LogP contribution in [0.3, 0.4) is 0 Å². The van der Waals surface area contributed by atoms with Crippen molar-refractivity contribution < 1.29 is 0 Å². The molecule has 1 N–H and O–H groups in total. The highest BCUT2D eigenvalue weighted by atomic mass is 79.9. The van der Waals surface area contributed by atoms with Gasteiger partial charge < -0.3 is 9.88 Å². The van der Waals surface area contributed by atoms with Gasteiger partial charge in [-0.2, -0.15) is 0 Å². The van der Waals surface area contributed by atoms with E-state index in [9.17, 15) is 0 Å². The second-order valence-electron chi connectivity index (χ2n) is 3.95. The third-order valence-electron chi connectivity index (χ3n) is 2.66. The van der Waals surface area contributed by atoms with E-state index in [0.29, 0.717) is 6.04 Å². The van der Waals surface area contributed by atoms with Gasteiger partial charge in [-0.1, -0.05) is 0 Å². The van der Waals surface area contributed by atoms with Crippen molar-refractivity contribution in [2.45, 2.75) is 25.4 Å². The maximum Gasteiger partial charge on any atom is 0.203 e. The molecular weight excluding hydrogens is 286 g/mol. The van der Waals surface area contributed by atoms with Gasteiger partial charge in [0, 0.05) is 23.3 Å². The van der Waals surface area contributed by atoms with Gasteiger partial charge in [0.2, 0.25) is 5.95 Å². The third-order valence-corrected chi connectivity index (χ3v) is 4.28. The number of nitrogens with one attached hydrogen (secondary N) is 1. The molecule has 3 rings (SSSR count). The van der Waals surface area contributed by atoms with Gasteiger partial charge in [-0.15, -0.1) is 11.3 Å². The fraction of sp³-hybridized carbons (Fsp3) is 0.364. The monoisotopic (exact) mass is 297 g/mol. The smallest absolute Gasteiger partial charge is 0.203 e. The van der Waals surface area contributed by atoms with Crippen LogP contribution in [0, 0.1) is 0 Å². The van der Waals surface area contributed by atoms with Gasteiger partial charge in [0.05, 0.1) is 10.3 Å². The zero-order chi connectivity index (χ0) is 11.0. The lowest BCUT2D eigenvalue weighted by atomic mass is 10.5. The third kappa shape index (κ3) is 2.15. The fourth-order valence-electron chi connectivity index (χ4n) is 1.71. The number of thiophene rings is 1. The first-order chi connectivity index (χ1) is 7.83. The second kappa shape index (κ2) is 4.22. The molecule has 2 aromatic heterocycles. The van der Waals surface area contributed by atoms with E-state index in [4.69, 9.17) is 0 Å². The van der Waals surface area contributed by atoms with Crippen LogP contribution in [0.25, 0.3) is 0 Å². The lowest BCUT2D eigenvalue weighted by Crippen LogP contribution is -2.05. The van der Waals surface area contributed by atoms with E-state index >= 15 is 0 Å². The van der Waals surface area contributed by atoms with Crippen LogP contribution in [0.4, 0.5) is 5.95 Å². The molecule has 1 aliphatic rings. The van der Waals surface area contributed by atoms with Crippen LogP contribution in [-0.4, -0.2) is 9.55 Å². The number of imidazole rings is 1. The standard InChI is InChI=1S/C11H12BrN3S/c12-10-4-3-9(16-10)7-14-11-13-5-6-15(11)8-1-2-8/h3-6,8H,1-2,7H2,(H,13,14). The first kappa shape index (κ1) is 10.4. The molecule has 3 nitrogen and oxygen atoms in total. The van der Waals surface area contributed by atoms with Crippen molar-refractivity contribution in [3.63, 3.8) is 0 Å². The van der Waals surface area contributed by atoms with E-state index in [0.717, 1.165) is 12.5 Å². The summed E-state index contributed by atoms with van der Waals surface area (Å²) in [5, 5.41) is 3.39. The number of nitrogens with zero attached hydrogens (tertiary/aromatic N) is 2. The Morgan fingerprint density at radius 3 is 3.06 bits per heavy atom. The Morgan fingerprint density at radius 2 is 2.38 bits per heavy atom. The van der Waals surface area contributed by atoms with Crippen molar-refractivity contribution >= 4 is 33.2 Å². The zero-order valence-electron chi connectivity index (χ0n) is 8.69. The van der Waals surface area contributed by atoms with Crippen LogP contribution in [0.5, 0.6) is 0 Å². The molecule has 0 aliphatic heterocycles. The van der Waals surface area contributed by atoms with Gasteiger partial charge in [0.1, 0.15) is 0 Å². The number of halogens is 1. The van der Waals surface area contributed by atoms with E-state index in [-0.39, 0.29) is 0 Å². The van der Waals surface area contributed by atoms with Crippen LogP contribution >= 0.6 is 27.3 Å². The van der Waals surface area contributed by atoms with Gasteiger partial charge in [-0.3, -0.25) is 0 Å². The average Bonchev–Trinajstić information content (AvgIpc) is 2.86. The number of rotatable bonds is 4. The first-order valence-electron chi connectivity index (χ1n) is 5.34. The molecular formula is C11H12BrN3S. The molecule has 5 heteroatoms. The molecule has 1 aliphatic carbocycles. The van der Waals surface area contributed by atoms with Crippen LogP contribution in [0.2, 0.25) is 0 Å². The van der Waals surface area contributed by atoms with Gasteiger partial charge in [-0.05, 0) is 40.9 Å². The molecule has 0 saturated heterocycles. The lowest BCUT2D eigenvalue weighted by molar-refractivity contribution is 0.744. The Balaban J connectivity index is 1.67. The minimum absolute atomic E-state index is 0.681. The molecule has 0 aromatic carbocycles. The van der Waals surface area contributed by atoms with Gasteiger partial charge >= 0.3 is 0 Å². The molecule has 16 heavy (non-hydrogen) atoms. The van der Waals surface area contributed by atoms with Gasteiger partial charge in [0.15, 0.2) is 0 Å². The van der Waals surface area contributed by atoms with E-state index in [1.165, 1.54) is 21.5 Å². The SMILES string of the molecule is Brc1ccc(CNc2nccn2C2CC2)s1. The Bertz CT molecular complexity index is 487. The zero-order valence-corrected chi connectivity index (χ0v) is 11.1. The Morgan fingerprint density at radius 1 is 1.50 bits per heavy atom. The highest BCUT2D eigenvalue weighted by Crippen LogP contribution is 2.36. The first-order valence-corrected chi connectivity index (χ1v) is 6.95. The summed E-state index contributed by atoms with van der Waals surface area (Å²) in [4.78, 5) is 5.66. The van der Waals surface area contributed by atoms with Crippen LogP contribution in [0.1, 0.15) is 23.8 Å². The molecule has 0 spiro atoms. The molecule has 84 valence electrons. The Hall–Kier alpha value is -0.810. The largest absolute Gasteiger partial charge is 0.351 e. The van der Waals surface area contributed by atoms with Crippen molar-refractivity contribution in [2.75, 3.05) is 5.32 Å². The summed E-state index contributed by atoms with van der Waals surface area (Å²) in [5.41, 5.74) is 0. The molecule has 1 fully saturated rings. The average molecular weight is 298 g/mol. The number of hydrogen-bond acceptors (Lipinski definition) is 3. The van der Waals surface area contributed by atoms with E-state index in [2.05, 4.69) is 49.1 Å². The summed E-state index contributed by atoms with van der Waals surface area (Å²) in [6, 6.07) is 4.89. The summed E-state index contributed by atoms with van der Waals surface area (Å²) in [7, 11) is 0. The van der Waals surface area contributed by atoms with Crippen LogP contribution < -0.4 is 5.32 Å². The minimum Gasteiger partial charge on any atom is -0.351 e. The molecule has 0 amide bonds. The summed E-state index contributed by atoms with van der Waals surface area (Å²) >= 11 is 5.23. The highest BCUT2D eigenvalue weighted by Gasteiger charge is 2.25. The van der Waals surface area contributed by atoms with E-state index < -0.39 is 0 Å². The normalized spacial score (nSPS) is 15.3. The molecule has 1 saturated carbocycles. The Labute approximate surface area is 107 Å².